The van der Waals surface area contributed by atoms with E-state index in [0.717, 1.165) is 56.0 Å². The predicted molar refractivity (Wildman–Crippen MR) is 452 cm³/mol. The minimum Gasteiger partial charge on any atom is -0.494 e. The third kappa shape index (κ3) is 34.7. The maximum Gasteiger partial charge on any atom is 0.305 e. The molecule has 5 rings (SSSR count). The lowest BCUT2D eigenvalue weighted by Gasteiger charge is -2.34. The number of imidazole rings is 1. The summed E-state index contributed by atoms with van der Waals surface area (Å²) in [6, 6.07) is 11.9. The molecule has 0 aliphatic carbocycles. The average Bonchev–Trinajstić information content (AvgIpc) is 0.838. The zero-order valence-corrected chi connectivity index (χ0v) is 70.8. The molecular formula is C82H112FN23O20. The van der Waals surface area contributed by atoms with E-state index < -0.39 is 217 Å². The van der Waals surface area contributed by atoms with Crippen LogP contribution in [0.1, 0.15) is 121 Å². The van der Waals surface area contributed by atoms with Crippen molar-refractivity contribution in [3.63, 3.8) is 0 Å². The number of ether oxygens (including phenoxy) is 1. The van der Waals surface area contributed by atoms with Crippen LogP contribution in [0.15, 0.2) is 109 Å². The van der Waals surface area contributed by atoms with Crippen LogP contribution in [-0.4, -0.2) is 238 Å². The van der Waals surface area contributed by atoms with E-state index in [1.807, 2.05) is 19.1 Å². The Morgan fingerprint density at radius 3 is 1.78 bits per heavy atom. The van der Waals surface area contributed by atoms with Crippen LogP contribution in [0.5, 0.6) is 5.75 Å². The topological polar surface area (TPSA) is 691 Å². The van der Waals surface area contributed by atoms with Gasteiger partial charge in [-0.1, -0.05) is 84.8 Å². The molecule has 0 spiro atoms. The first-order chi connectivity index (χ1) is 59.7. The number of hydrogen-bond acceptors (Lipinski definition) is 23. The van der Waals surface area contributed by atoms with E-state index in [-0.39, 0.29) is 44.5 Å². The maximum absolute atomic E-state index is 15.5. The molecule has 0 bridgehead atoms. The number of aliphatic hydroxyl groups is 2. The van der Waals surface area contributed by atoms with Gasteiger partial charge in [0.15, 0.2) is 0 Å². The Labute approximate surface area is 724 Å². The number of nitrogens with zero attached hydrogens (tertiary/aromatic N) is 4. The van der Waals surface area contributed by atoms with Crippen molar-refractivity contribution in [1.82, 2.24) is 84.4 Å². The Morgan fingerprint density at radius 2 is 1.18 bits per heavy atom. The number of unbranched alkanes of at least 4 members (excludes halogenated alkanes) is 1. The lowest BCUT2D eigenvalue weighted by atomic mass is 9.90. The van der Waals surface area contributed by atoms with Crippen LogP contribution in [-0.2, 0) is 115 Å². The minimum atomic E-state index is -2.39. The summed E-state index contributed by atoms with van der Waals surface area (Å²) >= 11 is 0. The molecular weight excluding hydrogens is 1650 g/mol. The van der Waals surface area contributed by atoms with Gasteiger partial charge in [-0.15, -0.1) is 0 Å². The number of aliphatic hydroxyl groups excluding tert-OH is 2. The van der Waals surface area contributed by atoms with Gasteiger partial charge in [-0.05, 0) is 143 Å². The number of halogens is 1. The van der Waals surface area contributed by atoms with E-state index >= 15 is 4.39 Å². The summed E-state index contributed by atoms with van der Waals surface area (Å²) in [5.41, 5.74) is 25.9. The number of carboxylic acids is 1. The second-order valence-corrected chi connectivity index (χ2v) is 30.3. The van der Waals surface area contributed by atoms with E-state index in [1.54, 1.807) is 60.8 Å². The summed E-state index contributed by atoms with van der Waals surface area (Å²) in [5.74, 6) is -17.2. The van der Waals surface area contributed by atoms with Crippen LogP contribution in [0.2, 0.25) is 0 Å². The largest absolute Gasteiger partial charge is 0.494 e. The first kappa shape index (κ1) is 103. The van der Waals surface area contributed by atoms with Crippen molar-refractivity contribution in [3.05, 3.63) is 153 Å². The number of aromatic nitrogens is 2. The summed E-state index contributed by atoms with van der Waals surface area (Å²) in [5, 5.41) is 76.8. The SMILES string of the molecule is CCc1cc(OCCCCN=[N+]=[N-])ccc1-c1ccc(C[C@H](NC(=O)[C@H](CC(=O)O)NC(=O)[C@H](C)NC(=O)[C@@H](NC(=O)C(C)(Cc2ccccc2F)NC(=O)[C@@H](NC(=O)CNC(=O)[C@H](CC(=N)N)NC(=O)C(C)(C)C(=O)NCCc2cnc[nH]2)[C@@H](C)O)[C@@H](C)O)C(=O)N[C@@H](CCCc2ccc(CNC(=O)CNC(=O)CNC(=O)CNC(=O)CN)cc2)C(N)=O)cc1. The van der Waals surface area contributed by atoms with Gasteiger partial charge in [-0.25, -0.2) is 9.37 Å². The molecule has 0 saturated heterocycles. The molecule has 43 nitrogen and oxygen atoms in total. The van der Waals surface area contributed by atoms with Crippen molar-refractivity contribution in [2.24, 2.45) is 27.7 Å². The highest BCUT2D eigenvalue weighted by Gasteiger charge is 2.43. The summed E-state index contributed by atoms with van der Waals surface area (Å²) in [6.45, 7) is 7.05. The monoisotopic (exact) mass is 1760 g/mol. The molecule has 126 heavy (non-hydrogen) atoms. The van der Waals surface area contributed by atoms with Crippen LogP contribution in [0.3, 0.4) is 0 Å². The number of aryl methyl sites for hydroxylation is 2. The molecule has 44 heteroatoms. The molecule has 15 amide bonds. The summed E-state index contributed by atoms with van der Waals surface area (Å²) in [4.78, 5) is 223. The maximum atomic E-state index is 15.5. The molecule has 682 valence electrons. The normalized spacial score (nSPS) is 13.6. The lowest BCUT2D eigenvalue weighted by Crippen LogP contribution is -2.66. The molecule has 1 heterocycles. The van der Waals surface area contributed by atoms with Crippen LogP contribution in [0, 0.1) is 16.6 Å². The van der Waals surface area contributed by atoms with Gasteiger partial charge in [-0.2, -0.15) is 0 Å². The number of benzene rings is 4. The van der Waals surface area contributed by atoms with Crippen LogP contribution in [0.25, 0.3) is 21.6 Å². The zero-order chi connectivity index (χ0) is 93.4. The van der Waals surface area contributed by atoms with Crippen LogP contribution in [0.4, 0.5) is 4.39 Å². The number of carboxylic acid groups (broad SMARTS) is 1. The van der Waals surface area contributed by atoms with Gasteiger partial charge >= 0.3 is 5.97 Å². The average molecular weight is 1760 g/mol. The third-order valence-electron chi connectivity index (χ3n) is 19.6. The Hall–Kier alpha value is -14.0. The minimum absolute atomic E-state index is 0.0447. The number of rotatable bonds is 54. The zero-order valence-electron chi connectivity index (χ0n) is 70.8. The molecule has 5 aromatic rings. The number of amides is 15. The van der Waals surface area contributed by atoms with Gasteiger partial charge in [-0.3, -0.25) is 82.1 Å². The fraction of sp³-hybridized carbons (Fsp3) is 0.463. The number of aromatic amines is 1. The highest BCUT2D eigenvalue weighted by Crippen LogP contribution is 2.29. The van der Waals surface area contributed by atoms with Crippen molar-refractivity contribution in [3.8, 4) is 16.9 Å². The molecule has 1 unspecified atom stereocenters. The predicted octanol–water partition coefficient (Wildman–Crippen LogP) is -3.18. The molecule has 0 fully saturated rings. The van der Waals surface area contributed by atoms with E-state index in [1.165, 1.54) is 38.4 Å². The van der Waals surface area contributed by atoms with Gasteiger partial charge in [0.25, 0.3) is 0 Å². The second-order valence-electron chi connectivity index (χ2n) is 30.3. The Bertz CT molecular complexity index is 4700. The van der Waals surface area contributed by atoms with E-state index in [9.17, 15) is 92.0 Å². The number of carbonyl (C=O) groups excluding carboxylic acids is 15. The smallest absolute Gasteiger partial charge is 0.305 e. The number of azide groups is 1. The number of primary amides is 1. The first-order valence-electron chi connectivity index (χ1n) is 40.3. The van der Waals surface area contributed by atoms with Crippen molar-refractivity contribution >= 4 is 100 Å². The van der Waals surface area contributed by atoms with E-state index in [4.69, 9.17) is 32.9 Å². The number of carbonyl (C=O) groups is 16. The van der Waals surface area contributed by atoms with Gasteiger partial charge in [0, 0.05) is 62.1 Å². The highest BCUT2D eigenvalue weighted by molar-refractivity contribution is 6.06. The molecule has 0 aliphatic heterocycles. The second kappa shape index (κ2) is 51.2. The Morgan fingerprint density at radius 1 is 0.595 bits per heavy atom. The Kier molecular flexibility index (Phi) is 41.7. The Balaban J connectivity index is 1.31. The summed E-state index contributed by atoms with van der Waals surface area (Å²) < 4.78 is 21.5. The molecule has 4 aromatic carbocycles. The standard InChI is InChI=1S/C82H112FN23O20/c1-8-51-33-55(126-31-12-11-29-97-106-88)26-27-56(51)52-24-22-49(23-25-52)32-59(74(119)99-58(71(87)116)17-13-14-48-18-20-50(21-19-48)38-91-64(110)41-93-66(112)42-94-65(111)40-92-63(109)37-84)101-75(120)61(35-68(114)115)100-72(117)45(2)98-76(121)69(46(3)107)104-80(125)82(7,36-53-15-9-10-16-57(53)83)105-77(122)70(47(4)108)103-67(113)43-95-73(118)60(34-62(85)86)102-79(124)81(5,6)78(123)90-30-28-54-39-89-44-96-54/h9-10,15-16,18-27,33,39,44-47,58-61,69-70,107-108H,8,11-14,17,28-32,34-38,40-43,84H2,1-7H3,(H3,85,86)(H2,87,116)(H,89,96)(H,90,123)(H,91,110)(H,92,109)(H,93,112)(H,94,111)(H,95,118)(H,98,121)(H,99,119)(H,100,117)(H,101,120)(H,102,124)(H,103,113)(H,104,125)(H,105,122)(H,114,115)/t45-,46+,47+,58-,59-,60-,61-,69-,70-,82?/m0/s1. The summed E-state index contributed by atoms with van der Waals surface area (Å²) in [6.07, 6.45) is -0.714. The number of nitrogens with one attached hydrogen (secondary N) is 16. The number of hydrogen-bond donors (Lipinski definition) is 22. The molecule has 1 aromatic heterocycles. The van der Waals surface area contributed by atoms with Gasteiger partial charge in [0.1, 0.15) is 64.8 Å². The fourth-order valence-corrected chi connectivity index (χ4v) is 12.2. The fourth-order valence-electron chi connectivity index (χ4n) is 12.2. The van der Waals surface area contributed by atoms with Gasteiger partial charge < -0.3 is 117 Å². The van der Waals surface area contributed by atoms with Crippen molar-refractivity contribution in [2.75, 3.05) is 52.4 Å². The van der Waals surface area contributed by atoms with Crippen molar-refractivity contribution < 1.29 is 101 Å². The quantitative estimate of drug-likeness (QED) is 0.00347. The van der Waals surface area contributed by atoms with Crippen molar-refractivity contribution in [2.45, 2.75) is 186 Å². The number of aliphatic carboxylic acids is 1. The van der Waals surface area contributed by atoms with Gasteiger partial charge in [0.2, 0.25) is 88.6 Å². The van der Waals surface area contributed by atoms with Crippen LogP contribution < -0.4 is 96.4 Å². The summed E-state index contributed by atoms with van der Waals surface area (Å²) in [7, 11) is 0. The number of nitrogens with two attached hydrogens (primary N) is 3. The van der Waals surface area contributed by atoms with Gasteiger partial charge in [0.05, 0.1) is 70.1 Å². The number of H-pyrrole nitrogens is 1. The molecule has 25 N–H and O–H groups in total. The van der Waals surface area contributed by atoms with Crippen LogP contribution >= 0.6 is 0 Å². The highest BCUT2D eigenvalue weighted by atomic mass is 19.1. The molecule has 0 aliphatic rings. The number of amidine groups is 1. The van der Waals surface area contributed by atoms with Crippen molar-refractivity contribution in [1.29, 1.82) is 5.41 Å². The third-order valence-corrected chi connectivity index (χ3v) is 19.6. The first-order valence-corrected chi connectivity index (χ1v) is 40.3. The van der Waals surface area contributed by atoms with E-state index in [2.05, 4.69) is 94.4 Å². The molecule has 0 saturated carbocycles. The molecule has 10 atom stereocenters. The van der Waals surface area contributed by atoms with E-state index in [0.29, 0.717) is 67.8 Å². The lowest BCUT2D eigenvalue weighted by molar-refractivity contribution is -0.143. The molecule has 0 radical (unpaired) electrons.